The van der Waals surface area contributed by atoms with Crippen LogP contribution in [0.15, 0.2) is 54.9 Å². The molecule has 2 aromatic carbocycles. The number of hydrogen-bond donors (Lipinski definition) is 1. The number of carbonyl (C=O) groups is 1. The molecule has 1 aliphatic heterocycles. The minimum Gasteiger partial charge on any atom is -0.482 e. The smallest absolute Gasteiger partial charge is 0.410 e. The molecule has 0 spiro atoms. The molecule has 2 N–H and O–H groups in total. The molecule has 3 heterocycles. The zero-order chi connectivity index (χ0) is 27.0. The van der Waals surface area contributed by atoms with Crippen LogP contribution < -0.4 is 15.2 Å². The highest BCUT2D eigenvalue weighted by Crippen LogP contribution is 2.45. The molecule has 0 radical (unpaired) electrons. The molecule has 4 aromatic rings. The van der Waals surface area contributed by atoms with Gasteiger partial charge < -0.3 is 24.8 Å². The van der Waals surface area contributed by atoms with Gasteiger partial charge in [-0.15, -0.1) is 0 Å². The number of nitrogens with two attached hydrogens (primary N) is 1. The van der Waals surface area contributed by atoms with Crippen molar-refractivity contribution in [3.63, 3.8) is 0 Å². The maximum Gasteiger partial charge on any atom is 0.410 e. The molecule has 1 saturated heterocycles. The Morgan fingerprint density at radius 3 is 2.55 bits per heavy atom. The van der Waals surface area contributed by atoms with Crippen LogP contribution in [0.4, 0.5) is 15.0 Å². The number of halogens is 1. The fourth-order valence-corrected chi connectivity index (χ4v) is 4.74. The summed E-state index contributed by atoms with van der Waals surface area (Å²) in [5.74, 6) is 1.48. The molecule has 1 aliphatic rings. The van der Waals surface area contributed by atoms with Crippen LogP contribution in [0.2, 0.25) is 0 Å². The first-order valence-corrected chi connectivity index (χ1v) is 12.3. The minimum atomic E-state index is -0.577. The maximum atomic E-state index is 13.5. The molecule has 0 aliphatic carbocycles. The van der Waals surface area contributed by atoms with Crippen molar-refractivity contribution in [1.82, 2.24) is 19.4 Å². The molecule has 38 heavy (non-hydrogen) atoms. The molecule has 1 atom stereocenters. The Morgan fingerprint density at radius 1 is 1.11 bits per heavy atom. The Balaban J connectivity index is 1.51. The van der Waals surface area contributed by atoms with Crippen LogP contribution in [0.5, 0.6) is 17.4 Å². The van der Waals surface area contributed by atoms with Gasteiger partial charge in [0.2, 0.25) is 5.88 Å². The van der Waals surface area contributed by atoms with E-state index in [9.17, 15) is 9.18 Å². The van der Waals surface area contributed by atoms with Crippen LogP contribution in [-0.4, -0.2) is 51.3 Å². The Bertz CT molecular complexity index is 1480. The van der Waals surface area contributed by atoms with Crippen LogP contribution in [0.3, 0.4) is 0 Å². The van der Waals surface area contributed by atoms with E-state index in [2.05, 4.69) is 9.97 Å². The maximum absolute atomic E-state index is 13.5. The van der Waals surface area contributed by atoms with Gasteiger partial charge in [-0.2, -0.15) is 0 Å². The zero-order valence-electron chi connectivity index (χ0n) is 21.8. The van der Waals surface area contributed by atoms with Gasteiger partial charge in [0, 0.05) is 19.2 Å². The summed E-state index contributed by atoms with van der Waals surface area (Å²) in [6.45, 7) is 6.54. The zero-order valence-corrected chi connectivity index (χ0v) is 21.8. The molecule has 2 aromatic heterocycles. The number of nitrogens with zero attached hydrogens (tertiary/aromatic N) is 4. The number of anilines is 1. The number of carbonyl (C=O) groups excluding carboxylic acids is 1. The molecule has 0 saturated carbocycles. The van der Waals surface area contributed by atoms with Crippen LogP contribution in [0, 0.1) is 5.82 Å². The summed E-state index contributed by atoms with van der Waals surface area (Å²) in [6, 6.07) is 13.2. The van der Waals surface area contributed by atoms with Crippen molar-refractivity contribution in [2.24, 2.45) is 0 Å². The van der Waals surface area contributed by atoms with Gasteiger partial charge >= 0.3 is 6.09 Å². The Hall–Kier alpha value is -4.34. The molecule has 198 valence electrons. The fraction of sp³-hybridized carbons (Fsp3) is 0.321. The monoisotopic (exact) mass is 519 g/mol. The van der Waals surface area contributed by atoms with Crippen molar-refractivity contribution in [2.45, 2.75) is 38.8 Å². The van der Waals surface area contributed by atoms with Crippen molar-refractivity contribution in [3.8, 4) is 28.5 Å². The summed E-state index contributed by atoms with van der Waals surface area (Å²) in [5.41, 5.74) is 7.97. The number of methoxy groups -OCH3 is 1. The average molecular weight is 520 g/mol. The number of likely N-dealkylation sites (tertiary alicyclic amines) is 1. The first-order valence-electron chi connectivity index (χ1n) is 12.3. The molecule has 1 fully saturated rings. The number of fused-ring (bicyclic) bond motifs is 1. The van der Waals surface area contributed by atoms with Gasteiger partial charge in [-0.25, -0.2) is 19.2 Å². The molecule has 1 amide bonds. The van der Waals surface area contributed by atoms with Crippen LogP contribution in [0.25, 0.3) is 22.2 Å². The summed E-state index contributed by atoms with van der Waals surface area (Å²) >= 11 is 0. The Labute approximate surface area is 219 Å². The quantitative estimate of drug-likeness (QED) is 0.355. The van der Waals surface area contributed by atoms with E-state index in [0.717, 1.165) is 11.1 Å². The molecular formula is C28H30FN5O4. The lowest BCUT2D eigenvalue weighted by molar-refractivity contribution is 0.0288. The van der Waals surface area contributed by atoms with Gasteiger partial charge in [-0.05, 0) is 57.0 Å². The summed E-state index contributed by atoms with van der Waals surface area (Å²) in [5, 5.41) is 0.666. The highest BCUT2D eigenvalue weighted by molar-refractivity contribution is 6.04. The van der Waals surface area contributed by atoms with Gasteiger partial charge in [0.25, 0.3) is 0 Å². The number of aromatic nitrogens is 3. The number of rotatable bonds is 5. The third-order valence-corrected chi connectivity index (χ3v) is 6.32. The van der Waals surface area contributed by atoms with Gasteiger partial charge in [0.1, 0.15) is 40.7 Å². The summed E-state index contributed by atoms with van der Waals surface area (Å²) in [4.78, 5) is 23.2. The lowest BCUT2D eigenvalue weighted by Gasteiger charge is -2.24. The van der Waals surface area contributed by atoms with E-state index < -0.39 is 5.60 Å². The third-order valence-electron chi connectivity index (χ3n) is 6.32. The van der Waals surface area contributed by atoms with Crippen LogP contribution >= 0.6 is 0 Å². The normalized spacial score (nSPS) is 15.6. The lowest BCUT2D eigenvalue weighted by Crippen LogP contribution is -2.35. The molecular weight excluding hydrogens is 489 g/mol. The first kappa shape index (κ1) is 25.3. The summed E-state index contributed by atoms with van der Waals surface area (Å²) in [6.07, 6.45) is 1.77. The second kappa shape index (κ2) is 9.85. The van der Waals surface area contributed by atoms with E-state index in [4.69, 9.17) is 19.9 Å². The second-order valence-electron chi connectivity index (χ2n) is 10.2. The molecule has 0 bridgehead atoms. The third kappa shape index (κ3) is 4.93. The molecule has 9 nitrogen and oxygen atoms in total. The van der Waals surface area contributed by atoms with Crippen molar-refractivity contribution in [3.05, 3.63) is 60.7 Å². The largest absolute Gasteiger partial charge is 0.482 e. The van der Waals surface area contributed by atoms with Crippen molar-refractivity contribution in [2.75, 3.05) is 25.9 Å². The minimum absolute atomic E-state index is 0.0985. The Kier molecular flexibility index (Phi) is 6.56. The summed E-state index contributed by atoms with van der Waals surface area (Å²) < 4.78 is 32.8. The number of ether oxygens (including phenoxy) is 3. The first-order chi connectivity index (χ1) is 18.1. The molecule has 10 heteroatoms. The van der Waals surface area contributed by atoms with E-state index in [1.54, 1.807) is 36.3 Å². The van der Waals surface area contributed by atoms with Gasteiger partial charge in [0.05, 0.1) is 24.1 Å². The highest BCUT2D eigenvalue weighted by Gasteiger charge is 2.35. The van der Waals surface area contributed by atoms with Crippen LogP contribution in [-0.2, 0) is 4.74 Å². The number of benzene rings is 2. The van der Waals surface area contributed by atoms with Crippen molar-refractivity contribution >= 4 is 22.9 Å². The highest BCUT2D eigenvalue weighted by atomic mass is 19.1. The average Bonchev–Trinajstić information content (AvgIpc) is 3.47. The predicted molar refractivity (Wildman–Crippen MR) is 142 cm³/mol. The van der Waals surface area contributed by atoms with E-state index in [1.165, 1.54) is 18.5 Å². The molecule has 1 unspecified atom stereocenters. The van der Waals surface area contributed by atoms with Crippen molar-refractivity contribution in [1.29, 1.82) is 0 Å². The topological polar surface area (TPSA) is 105 Å². The number of nitrogen functional groups attached to an aromatic ring is 1. The predicted octanol–water partition coefficient (Wildman–Crippen LogP) is 5.80. The van der Waals surface area contributed by atoms with E-state index in [0.29, 0.717) is 53.7 Å². The SMILES string of the molecule is COc1c(-c2ccc(Oc3cccc(F)c3)cc2)c2c(N)ncnc2n1C1CCN(C(=O)OC(C)(C)C)C1. The van der Waals surface area contributed by atoms with Gasteiger partial charge in [-0.1, -0.05) is 18.2 Å². The second-order valence-corrected chi connectivity index (χ2v) is 10.2. The lowest BCUT2D eigenvalue weighted by atomic mass is 10.1. The van der Waals surface area contributed by atoms with Crippen molar-refractivity contribution < 1.29 is 23.4 Å². The number of hydrogen-bond acceptors (Lipinski definition) is 7. The van der Waals surface area contributed by atoms with Gasteiger partial charge in [-0.3, -0.25) is 4.57 Å². The standard InChI is InChI=1S/C28H30FN5O4/c1-28(2,3)38-27(35)33-13-12-19(15-33)34-25-23(24(30)31-16-32-25)22(26(34)36-4)17-8-10-20(11-9-17)37-21-7-5-6-18(29)14-21/h5-11,14,16,19H,12-13,15H2,1-4H3,(H2,30,31,32). The van der Waals surface area contributed by atoms with Gasteiger partial charge in [0.15, 0.2) is 0 Å². The summed E-state index contributed by atoms with van der Waals surface area (Å²) in [7, 11) is 1.60. The van der Waals surface area contributed by atoms with E-state index in [-0.39, 0.29) is 18.0 Å². The molecule has 5 rings (SSSR count). The fourth-order valence-electron chi connectivity index (χ4n) is 4.74. The van der Waals surface area contributed by atoms with E-state index in [1.807, 2.05) is 37.5 Å². The Morgan fingerprint density at radius 2 is 1.87 bits per heavy atom. The van der Waals surface area contributed by atoms with Crippen LogP contribution in [0.1, 0.15) is 33.2 Å². The number of amides is 1. The van der Waals surface area contributed by atoms with E-state index >= 15 is 0 Å².